The minimum atomic E-state index is -0.0973. The molecule has 0 aromatic heterocycles. The quantitative estimate of drug-likeness (QED) is 0.779. The zero-order valence-corrected chi connectivity index (χ0v) is 12.8. The Hall–Kier alpha value is -1.74. The van der Waals surface area contributed by atoms with Crippen LogP contribution in [0.25, 0.3) is 0 Å². The molecular formula is C18H18O2S. The number of carbonyl (C=O) groups excluding carboxylic acids is 1. The average Bonchev–Trinajstić information content (AvgIpc) is 2.48. The van der Waals surface area contributed by atoms with E-state index >= 15 is 0 Å². The number of cyclic esters (lactones) is 1. The summed E-state index contributed by atoms with van der Waals surface area (Å²) >= 11 is 1.63. The van der Waals surface area contributed by atoms with Gasteiger partial charge in [-0.1, -0.05) is 59.8 Å². The molecule has 0 bridgehead atoms. The second-order valence-electron chi connectivity index (χ2n) is 5.40. The van der Waals surface area contributed by atoms with Crippen LogP contribution in [0.3, 0.4) is 0 Å². The highest BCUT2D eigenvalue weighted by molar-refractivity contribution is 7.99. The van der Waals surface area contributed by atoms with Crippen molar-refractivity contribution in [3.8, 4) is 0 Å². The van der Waals surface area contributed by atoms with E-state index in [1.165, 1.54) is 11.1 Å². The molecule has 0 radical (unpaired) electrons. The van der Waals surface area contributed by atoms with Gasteiger partial charge in [0.05, 0.1) is 6.42 Å². The number of hydrogen-bond acceptors (Lipinski definition) is 3. The van der Waals surface area contributed by atoms with Crippen molar-refractivity contribution < 1.29 is 9.53 Å². The number of ether oxygens (including phenoxy) is 1. The Labute approximate surface area is 129 Å². The molecule has 108 valence electrons. The monoisotopic (exact) mass is 298 g/mol. The summed E-state index contributed by atoms with van der Waals surface area (Å²) in [6.45, 7) is 2.08. The predicted molar refractivity (Wildman–Crippen MR) is 85.3 cm³/mol. The van der Waals surface area contributed by atoms with Gasteiger partial charge < -0.3 is 4.74 Å². The standard InChI is InChI=1S/C18H18O2S/c1-13-7-9-14(10-8-13)15-11-17(19)20-18(12-15)21-16-5-3-2-4-6-16/h2-10,15,18H,11-12H2,1H3/t15-,18-/m0/s1. The van der Waals surface area contributed by atoms with Crippen LogP contribution in [0.4, 0.5) is 0 Å². The van der Waals surface area contributed by atoms with E-state index in [2.05, 4.69) is 31.2 Å². The van der Waals surface area contributed by atoms with Gasteiger partial charge in [0.25, 0.3) is 0 Å². The first-order chi connectivity index (χ1) is 10.2. The maximum absolute atomic E-state index is 11.9. The number of rotatable bonds is 3. The lowest BCUT2D eigenvalue weighted by atomic mass is 9.91. The minimum absolute atomic E-state index is 0.0970. The Balaban J connectivity index is 1.72. The third-order valence-electron chi connectivity index (χ3n) is 3.71. The topological polar surface area (TPSA) is 26.3 Å². The van der Waals surface area contributed by atoms with Crippen molar-refractivity contribution in [2.24, 2.45) is 0 Å². The summed E-state index contributed by atoms with van der Waals surface area (Å²) in [4.78, 5) is 13.0. The van der Waals surface area contributed by atoms with E-state index in [-0.39, 0.29) is 17.3 Å². The summed E-state index contributed by atoms with van der Waals surface area (Å²) in [5, 5.41) is 0. The van der Waals surface area contributed by atoms with Crippen molar-refractivity contribution >= 4 is 17.7 Å². The molecule has 3 rings (SSSR count). The highest BCUT2D eigenvalue weighted by atomic mass is 32.2. The van der Waals surface area contributed by atoms with Crippen LogP contribution in [0.15, 0.2) is 59.5 Å². The third kappa shape index (κ3) is 3.67. The zero-order chi connectivity index (χ0) is 14.7. The maximum atomic E-state index is 11.9. The molecule has 21 heavy (non-hydrogen) atoms. The zero-order valence-electron chi connectivity index (χ0n) is 12.0. The summed E-state index contributed by atoms with van der Waals surface area (Å²) < 4.78 is 5.49. The van der Waals surface area contributed by atoms with Crippen LogP contribution in [0, 0.1) is 6.92 Å². The molecule has 1 aliphatic heterocycles. The maximum Gasteiger partial charge on any atom is 0.307 e. The first-order valence-electron chi connectivity index (χ1n) is 7.18. The Morgan fingerprint density at radius 3 is 2.48 bits per heavy atom. The molecule has 0 spiro atoms. The van der Waals surface area contributed by atoms with E-state index in [0.29, 0.717) is 6.42 Å². The molecule has 2 aromatic rings. The molecular weight excluding hydrogens is 280 g/mol. The summed E-state index contributed by atoms with van der Waals surface area (Å²) in [7, 11) is 0. The van der Waals surface area contributed by atoms with Gasteiger partial charge in [-0.3, -0.25) is 4.79 Å². The van der Waals surface area contributed by atoms with Crippen LogP contribution in [-0.2, 0) is 9.53 Å². The predicted octanol–water partition coefficient (Wildman–Crippen LogP) is 4.53. The smallest absolute Gasteiger partial charge is 0.307 e. The van der Waals surface area contributed by atoms with Gasteiger partial charge in [0.15, 0.2) is 5.44 Å². The summed E-state index contributed by atoms with van der Waals surface area (Å²) in [5.41, 5.74) is 2.38. The van der Waals surface area contributed by atoms with Crippen molar-refractivity contribution in [2.45, 2.75) is 36.0 Å². The third-order valence-corrected chi connectivity index (χ3v) is 4.81. The van der Waals surface area contributed by atoms with Gasteiger partial charge in [-0.05, 0) is 30.5 Å². The molecule has 0 N–H and O–H groups in total. The molecule has 2 atom stereocenters. The van der Waals surface area contributed by atoms with Crippen LogP contribution >= 0.6 is 11.8 Å². The van der Waals surface area contributed by atoms with Crippen molar-refractivity contribution in [1.82, 2.24) is 0 Å². The van der Waals surface area contributed by atoms with Crippen LogP contribution < -0.4 is 0 Å². The van der Waals surface area contributed by atoms with E-state index in [1.54, 1.807) is 11.8 Å². The van der Waals surface area contributed by atoms with Crippen molar-refractivity contribution in [1.29, 1.82) is 0 Å². The fraction of sp³-hybridized carbons (Fsp3) is 0.278. The van der Waals surface area contributed by atoms with E-state index in [0.717, 1.165) is 11.3 Å². The van der Waals surface area contributed by atoms with E-state index in [4.69, 9.17) is 4.74 Å². The number of aryl methyl sites for hydroxylation is 1. The molecule has 0 unspecified atom stereocenters. The van der Waals surface area contributed by atoms with E-state index in [1.807, 2.05) is 30.3 Å². The Kier molecular flexibility index (Phi) is 4.30. The van der Waals surface area contributed by atoms with Crippen molar-refractivity contribution in [2.75, 3.05) is 0 Å². The van der Waals surface area contributed by atoms with E-state index in [9.17, 15) is 4.79 Å². The fourth-order valence-corrected chi connectivity index (χ4v) is 3.68. The molecule has 0 saturated carbocycles. The molecule has 0 aliphatic carbocycles. The summed E-state index contributed by atoms with van der Waals surface area (Å²) in [6.07, 6.45) is 1.35. The summed E-state index contributed by atoms with van der Waals surface area (Å²) in [6, 6.07) is 18.6. The number of carbonyl (C=O) groups is 1. The van der Waals surface area contributed by atoms with E-state index < -0.39 is 0 Å². The molecule has 2 aromatic carbocycles. The molecule has 2 nitrogen and oxygen atoms in total. The SMILES string of the molecule is Cc1ccc([C@H]2CC(=O)O[C@@H](Sc3ccccc3)C2)cc1. The van der Waals surface area contributed by atoms with Gasteiger partial charge in [0.2, 0.25) is 0 Å². The number of hydrogen-bond donors (Lipinski definition) is 0. The number of thioether (sulfide) groups is 1. The Morgan fingerprint density at radius 2 is 1.76 bits per heavy atom. The van der Waals surface area contributed by atoms with Gasteiger partial charge >= 0.3 is 5.97 Å². The van der Waals surface area contributed by atoms with Crippen LogP contribution in [0.5, 0.6) is 0 Å². The largest absolute Gasteiger partial charge is 0.451 e. The Bertz CT molecular complexity index is 607. The highest BCUT2D eigenvalue weighted by Crippen LogP contribution is 2.37. The minimum Gasteiger partial charge on any atom is -0.451 e. The normalized spacial score (nSPS) is 21.9. The second-order valence-corrected chi connectivity index (χ2v) is 6.63. The van der Waals surface area contributed by atoms with Gasteiger partial charge in [-0.2, -0.15) is 0 Å². The molecule has 3 heteroatoms. The lowest BCUT2D eigenvalue weighted by Gasteiger charge is -2.28. The van der Waals surface area contributed by atoms with Gasteiger partial charge in [0.1, 0.15) is 0 Å². The first-order valence-corrected chi connectivity index (χ1v) is 8.06. The fourth-order valence-electron chi connectivity index (χ4n) is 2.58. The second kappa shape index (κ2) is 6.35. The van der Waals surface area contributed by atoms with Gasteiger partial charge in [-0.15, -0.1) is 0 Å². The van der Waals surface area contributed by atoms with Crippen molar-refractivity contribution in [3.05, 3.63) is 65.7 Å². The lowest BCUT2D eigenvalue weighted by Crippen LogP contribution is -2.26. The van der Waals surface area contributed by atoms with Crippen LogP contribution in [-0.4, -0.2) is 11.4 Å². The number of esters is 1. The van der Waals surface area contributed by atoms with Crippen molar-refractivity contribution in [3.63, 3.8) is 0 Å². The first kappa shape index (κ1) is 14.2. The lowest BCUT2D eigenvalue weighted by molar-refractivity contribution is -0.149. The Morgan fingerprint density at radius 1 is 1.05 bits per heavy atom. The molecule has 1 aliphatic rings. The summed E-state index contributed by atoms with van der Waals surface area (Å²) in [5.74, 6) is 0.160. The average molecular weight is 298 g/mol. The molecule has 1 saturated heterocycles. The number of benzene rings is 2. The highest BCUT2D eigenvalue weighted by Gasteiger charge is 2.30. The molecule has 1 heterocycles. The molecule has 0 amide bonds. The van der Waals surface area contributed by atoms with Crippen LogP contribution in [0.2, 0.25) is 0 Å². The van der Waals surface area contributed by atoms with Gasteiger partial charge in [-0.25, -0.2) is 0 Å². The van der Waals surface area contributed by atoms with Gasteiger partial charge in [0, 0.05) is 11.3 Å². The van der Waals surface area contributed by atoms with Crippen LogP contribution in [0.1, 0.15) is 29.9 Å². The molecule has 1 fully saturated rings.